The summed E-state index contributed by atoms with van der Waals surface area (Å²) in [5.41, 5.74) is 0.426. The number of hydrogen-bond donors (Lipinski definition) is 0. The Balaban J connectivity index is 3.09. The van der Waals surface area contributed by atoms with Crippen LogP contribution in [0, 0.1) is 5.92 Å². The fourth-order valence-corrected chi connectivity index (χ4v) is 1.59. The molecule has 74 valence electrons. The molecule has 0 unspecified atom stereocenters. The van der Waals surface area contributed by atoms with E-state index in [2.05, 4.69) is 4.99 Å². The average Bonchev–Trinajstić information content (AvgIpc) is 2.28. The molecule has 0 aromatic heterocycles. The summed E-state index contributed by atoms with van der Waals surface area (Å²) in [6, 6.07) is 0. The second kappa shape index (κ2) is 3.16. The molecule has 0 atom stereocenters. The number of aliphatic imine (C=N–C) groups is 1. The molecule has 0 saturated carbocycles. The van der Waals surface area contributed by atoms with Gasteiger partial charge in [-0.15, -0.1) is 0 Å². The molecule has 1 aliphatic heterocycles. The van der Waals surface area contributed by atoms with Crippen molar-refractivity contribution in [2.45, 2.75) is 26.9 Å². The predicted molar refractivity (Wildman–Crippen MR) is 45.9 cm³/mol. The highest BCUT2D eigenvalue weighted by molar-refractivity contribution is 6.01. The Morgan fingerprint density at radius 2 is 1.85 bits per heavy atom. The molecule has 0 aromatic carbocycles. The maximum atomic E-state index is 12.4. The molecule has 1 rings (SSSR count). The quantitative estimate of drug-likeness (QED) is 0.604. The van der Waals surface area contributed by atoms with Crippen molar-refractivity contribution in [3.05, 3.63) is 11.1 Å². The van der Waals surface area contributed by atoms with Gasteiger partial charge in [-0.25, -0.2) is 0 Å². The lowest BCUT2D eigenvalue weighted by atomic mass is 9.95. The number of hydrogen-bond acceptors (Lipinski definition) is 1. The molecule has 0 spiro atoms. The largest absolute Gasteiger partial charge is 0.414 e. The third-order valence-corrected chi connectivity index (χ3v) is 2.11. The fourth-order valence-electron chi connectivity index (χ4n) is 1.59. The van der Waals surface area contributed by atoms with E-state index in [1.54, 1.807) is 20.8 Å². The van der Waals surface area contributed by atoms with Gasteiger partial charge in [-0.05, 0) is 18.4 Å². The van der Waals surface area contributed by atoms with Gasteiger partial charge < -0.3 is 0 Å². The van der Waals surface area contributed by atoms with Gasteiger partial charge in [-0.1, -0.05) is 13.8 Å². The Morgan fingerprint density at radius 1 is 1.31 bits per heavy atom. The van der Waals surface area contributed by atoms with Crippen molar-refractivity contribution in [1.82, 2.24) is 0 Å². The van der Waals surface area contributed by atoms with Gasteiger partial charge in [0.25, 0.3) is 0 Å². The number of nitrogens with zero attached hydrogens (tertiary/aromatic N) is 1. The van der Waals surface area contributed by atoms with Gasteiger partial charge in [0.1, 0.15) is 0 Å². The lowest BCUT2D eigenvalue weighted by Gasteiger charge is -2.13. The van der Waals surface area contributed by atoms with E-state index in [9.17, 15) is 13.2 Å². The maximum Gasteiger partial charge on any atom is 0.414 e. The van der Waals surface area contributed by atoms with E-state index >= 15 is 0 Å². The van der Waals surface area contributed by atoms with Crippen LogP contribution in [-0.4, -0.2) is 18.4 Å². The first-order valence-electron chi connectivity index (χ1n) is 4.15. The summed E-state index contributed by atoms with van der Waals surface area (Å²) < 4.78 is 37.2. The first-order chi connectivity index (χ1) is 5.84. The van der Waals surface area contributed by atoms with Crippen LogP contribution in [0.25, 0.3) is 0 Å². The summed E-state index contributed by atoms with van der Waals surface area (Å²) in [6.45, 7) is 4.94. The van der Waals surface area contributed by atoms with E-state index in [-0.39, 0.29) is 12.5 Å². The summed E-state index contributed by atoms with van der Waals surface area (Å²) in [4.78, 5) is 3.81. The molecular weight excluding hydrogens is 179 g/mol. The molecule has 1 nitrogen and oxygen atoms in total. The number of alkyl halides is 3. The van der Waals surface area contributed by atoms with Crippen LogP contribution in [0.3, 0.4) is 0 Å². The normalized spacial score (nSPS) is 18.5. The van der Waals surface area contributed by atoms with Gasteiger partial charge >= 0.3 is 6.18 Å². The highest BCUT2D eigenvalue weighted by atomic mass is 19.4. The third kappa shape index (κ3) is 1.92. The zero-order valence-electron chi connectivity index (χ0n) is 7.87. The van der Waals surface area contributed by atoms with Crippen molar-refractivity contribution >= 4 is 5.71 Å². The van der Waals surface area contributed by atoms with Gasteiger partial charge in [0.05, 0.1) is 12.1 Å². The lowest BCUT2D eigenvalue weighted by molar-refractivity contribution is -0.0926. The van der Waals surface area contributed by atoms with Crippen LogP contribution in [0.5, 0.6) is 0 Å². The van der Waals surface area contributed by atoms with Crippen molar-refractivity contribution in [2.24, 2.45) is 10.9 Å². The molecule has 1 aliphatic rings. The van der Waals surface area contributed by atoms with Gasteiger partial charge in [0, 0.05) is 5.71 Å². The third-order valence-electron chi connectivity index (χ3n) is 2.11. The van der Waals surface area contributed by atoms with Crippen LogP contribution in [0.4, 0.5) is 13.2 Å². The van der Waals surface area contributed by atoms with Gasteiger partial charge in [-0.3, -0.25) is 4.99 Å². The molecule has 0 aromatic rings. The van der Waals surface area contributed by atoms with E-state index in [1.807, 2.05) is 0 Å². The highest BCUT2D eigenvalue weighted by Crippen LogP contribution is 2.34. The summed E-state index contributed by atoms with van der Waals surface area (Å²) >= 11 is 0. The van der Waals surface area contributed by atoms with Crippen molar-refractivity contribution in [3.63, 3.8) is 0 Å². The molecule has 0 N–H and O–H groups in total. The zero-order chi connectivity index (χ0) is 10.2. The Morgan fingerprint density at radius 3 is 2.15 bits per heavy atom. The van der Waals surface area contributed by atoms with E-state index in [0.29, 0.717) is 11.3 Å². The van der Waals surface area contributed by atoms with Crippen LogP contribution in [0.1, 0.15) is 20.8 Å². The van der Waals surface area contributed by atoms with Crippen LogP contribution in [0.15, 0.2) is 16.1 Å². The van der Waals surface area contributed by atoms with Gasteiger partial charge in [0.15, 0.2) is 0 Å². The van der Waals surface area contributed by atoms with Crippen LogP contribution in [-0.2, 0) is 0 Å². The molecule has 0 amide bonds. The topological polar surface area (TPSA) is 12.4 Å². The van der Waals surface area contributed by atoms with Crippen LogP contribution >= 0.6 is 0 Å². The first kappa shape index (κ1) is 10.3. The Hall–Kier alpha value is -0.800. The summed E-state index contributed by atoms with van der Waals surface area (Å²) in [7, 11) is 0. The molecule has 1 heterocycles. The zero-order valence-corrected chi connectivity index (χ0v) is 7.87. The van der Waals surface area contributed by atoms with Crippen molar-refractivity contribution in [1.29, 1.82) is 0 Å². The predicted octanol–water partition coefficient (Wildman–Crippen LogP) is 2.98. The number of rotatable bonds is 1. The van der Waals surface area contributed by atoms with E-state index in [1.165, 1.54) is 0 Å². The monoisotopic (exact) mass is 191 g/mol. The Labute approximate surface area is 75.4 Å². The number of allylic oxidation sites excluding steroid dienone is 1. The SMILES string of the molecule is CC1=NCC(C(F)(F)F)=C1C(C)C. The lowest BCUT2D eigenvalue weighted by Crippen LogP contribution is -2.17. The smallest absolute Gasteiger partial charge is 0.285 e. The molecule has 4 heteroatoms. The highest BCUT2D eigenvalue weighted by Gasteiger charge is 2.39. The molecule has 0 aliphatic carbocycles. The van der Waals surface area contributed by atoms with E-state index in [4.69, 9.17) is 0 Å². The summed E-state index contributed by atoms with van der Waals surface area (Å²) in [5.74, 6) is -0.108. The summed E-state index contributed by atoms with van der Waals surface area (Å²) in [6.07, 6.45) is -4.22. The van der Waals surface area contributed by atoms with Crippen molar-refractivity contribution in [2.75, 3.05) is 6.54 Å². The number of halogens is 3. The minimum Gasteiger partial charge on any atom is -0.285 e. The molecule has 13 heavy (non-hydrogen) atoms. The maximum absolute atomic E-state index is 12.4. The van der Waals surface area contributed by atoms with Crippen molar-refractivity contribution in [3.8, 4) is 0 Å². The average molecular weight is 191 g/mol. The van der Waals surface area contributed by atoms with E-state index < -0.39 is 11.7 Å². The van der Waals surface area contributed by atoms with Crippen molar-refractivity contribution < 1.29 is 13.2 Å². The molecule has 0 bridgehead atoms. The van der Waals surface area contributed by atoms with Crippen LogP contribution in [0.2, 0.25) is 0 Å². The second-order valence-electron chi connectivity index (χ2n) is 3.45. The molecule has 0 radical (unpaired) electrons. The Kier molecular flexibility index (Phi) is 2.50. The molecule has 0 saturated heterocycles. The summed E-state index contributed by atoms with van der Waals surface area (Å²) in [5, 5.41) is 0. The van der Waals surface area contributed by atoms with Crippen LogP contribution < -0.4 is 0 Å². The second-order valence-corrected chi connectivity index (χ2v) is 3.45. The first-order valence-corrected chi connectivity index (χ1v) is 4.15. The minimum atomic E-state index is -4.22. The Bertz CT molecular complexity index is 271. The fraction of sp³-hybridized carbons (Fsp3) is 0.667. The van der Waals surface area contributed by atoms with Gasteiger partial charge in [0.2, 0.25) is 0 Å². The minimum absolute atomic E-state index is 0.108. The van der Waals surface area contributed by atoms with E-state index in [0.717, 1.165) is 0 Å². The standard InChI is InChI=1S/C9H12F3N/c1-5(2)8-6(3)13-4-7(8)9(10,11)12/h5H,4H2,1-3H3. The molecular formula is C9H12F3N. The van der Waals surface area contributed by atoms with Gasteiger partial charge in [-0.2, -0.15) is 13.2 Å². The molecule has 0 fully saturated rings.